The predicted molar refractivity (Wildman–Crippen MR) is 98.9 cm³/mol. The fourth-order valence-electron chi connectivity index (χ4n) is 3.25. The number of hydrogen-bond donors (Lipinski definition) is 2. The van der Waals surface area contributed by atoms with Crippen LogP contribution in [0.2, 0.25) is 0 Å². The monoisotopic (exact) mass is 383 g/mol. The minimum Gasteiger partial charge on any atom is -0.451 e. The molecule has 1 aliphatic rings. The molecule has 1 aromatic carbocycles. The number of nitrogens with zero attached hydrogens (tertiary/aromatic N) is 1. The molecule has 8 nitrogen and oxygen atoms in total. The van der Waals surface area contributed by atoms with Crippen LogP contribution in [0.1, 0.15) is 23.4 Å². The average Bonchev–Trinajstić information content (AvgIpc) is 3.04. The Bertz CT molecular complexity index is 780. The lowest BCUT2D eigenvalue weighted by Crippen LogP contribution is -2.47. The van der Waals surface area contributed by atoms with Crippen LogP contribution in [0.5, 0.6) is 0 Å². The number of halogens is 1. The highest BCUT2D eigenvalue weighted by Crippen LogP contribution is 2.29. The number of fused-ring (bicyclic) bond motifs is 1. The van der Waals surface area contributed by atoms with Crippen molar-refractivity contribution in [2.75, 3.05) is 33.4 Å². The van der Waals surface area contributed by atoms with Gasteiger partial charge in [-0.1, -0.05) is 0 Å². The smallest absolute Gasteiger partial charge is 0.287 e. The summed E-state index contributed by atoms with van der Waals surface area (Å²) in [6.07, 6.45) is 1.85. The second kappa shape index (κ2) is 8.48. The van der Waals surface area contributed by atoms with Gasteiger partial charge in [0.2, 0.25) is 0 Å². The minimum absolute atomic E-state index is 0. The van der Waals surface area contributed by atoms with Gasteiger partial charge in [0, 0.05) is 36.6 Å². The largest absolute Gasteiger partial charge is 0.451 e. The summed E-state index contributed by atoms with van der Waals surface area (Å²) in [7, 11) is 1.66. The maximum atomic E-state index is 12.4. The number of carbonyl (C=O) groups is 1. The molecule has 9 heteroatoms. The number of carbonyl (C=O) groups excluding carboxylic acids is 1. The van der Waals surface area contributed by atoms with Gasteiger partial charge in [0.25, 0.3) is 11.6 Å². The number of methoxy groups -OCH3 is 1. The van der Waals surface area contributed by atoms with E-state index in [0.29, 0.717) is 24.1 Å². The third-order valence-corrected chi connectivity index (χ3v) is 4.67. The van der Waals surface area contributed by atoms with Crippen LogP contribution >= 0.6 is 12.4 Å². The summed E-state index contributed by atoms with van der Waals surface area (Å²) in [5.41, 5.74) is 0.332. The van der Waals surface area contributed by atoms with E-state index in [2.05, 4.69) is 10.6 Å². The highest BCUT2D eigenvalue weighted by Gasteiger charge is 2.32. The Labute approximate surface area is 156 Å². The van der Waals surface area contributed by atoms with Gasteiger partial charge in [0.1, 0.15) is 5.58 Å². The number of ether oxygens (including phenoxy) is 1. The Balaban J connectivity index is 0.00000243. The first-order valence-corrected chi connectivity index (χ1v) is 8.19. The molecule has 0 aliphatic carbocycles. The number of hydrogen-bond acceptors (Lipinski definition) is 6. The van der Waals surface area contributed by atoms with E-state index in [1.165, 1.54) is 24.3 Å². The minimum atomic E-state index is -0.474. The molecule has 0 saturated carbocycles. The van der Waals surface area contributed by atoms with Gasteiger partial charge in [-0.25, -0.2) is 0 Å². The maximum Gasteiger partial charge on any atom is 0.287 e. The number of rotatable bonds is 6. The lowest BCUT2D eigenvalue weighted by molar-refractivity contribution is -0.384. The van der Waals surface area contributed by atoms with Gasteiger partial charge in [-0.15, -0.1) is 12.4 Å². The highest BCUT2D eigenvalue weighted by atomic mass is 35.5. The number of non-ortho nitro benzene ring substituents is 1. The number of nitrogens with one attached hydrogen (secondary N) is 2. The van der Waals surface area contributed by atoms with Gasteiger partial charge in [-0.2, -0.15) is 0 Å². The Kier molecular flexibility index (Phi) is 6.57. The molecule has 2 N–H and O–H groups in total. The SMILES string of the molecule is COCC1(CNC(=O)c2cc3cc([N+](=O)[O-])ccc3o2)CCNCC1.Cl. The van der Waals surface area contributed by atoms with Crippen molar-refractivity contribution >= 4 is 35.0 Å². The Hall–Kier alpha value is -2.16. The van der Waals surface area contributed by atoms with E-state index < -0.39 is 4.92 Å². The average molecular weight is 384 g/mol. The molecular weight excluding hydrogens is 362 g/mol. The van der Waals surface area contributed by atoms with E-state index in [1.54, 1.807) is 7.11 Å². The molecule has 26 heavy (non-hydrogen) atoms. The molecule has 1 fully saturated rings. The van der Waals surface area contributed by atoms with Crippen molar-refractivity contribution in [3.05, 3.63) is 40.1 Å². The fraction of sp³-hybridized carbons (Fsp3) is 0.471. The van der Waals surface area contributed by atoms with E-state index in [9.17, 15) is 14.9 Å². The molecule has 0 radical (unpaired) electrons. The predicted octanol–water partition coefficient (Wildman–Crippen LogP) is 2.51. The molecule has 2 aromatic rings. The molecule has 1 amide bonds. The third-order valence-electron chi connectivity index (χ3n) is 4.67. The van der Waals surface area contributed by atoms with Gasteiger partial charge >= 0.3 is 0 Å². The zero-order valence-electron chi connectivity index (χ0n) is 14.4. The van der Waals surface area contributed by atoms with Crippen LogP contribution in [-0.4, -0.2) is 44.2 Å². The molecular formula is C17H22ClN3O5. The van der Waals surface area contributed by atoms with Crippen molar-refractivity contribution < 1.29 is 18.9 Å². The first-order valence-electron chi connectivity index (χ1n) is 8.19. The summed E-state index contributed by atoms with van der Waals surface area (Å²) >= 11 is 0. The number of benzene rings is 1. The van der Waals surface area contributed by atoms with Crippen LogP contribution in [0.25, 0.3) is 11.0 Å². The Morgan fingerprint density at radius 3 is 2.77 bits per heavy atom. The van der Waals surface area contributed by atoms with Crippen molar-refractivity contribution in [2.24, 2.45) is 5.41 Å². The summed E-state index contributed by atoms with van der Waals surface area (Å²) < 4.78 is 10.9. The molecule has 1 saturated heterocycles. The lowest BCUT2D eigenvalue weighted by Gasteiger charge is -2.37. The van der Waals surface area contributed by atoms with Crippen LogP contribution in [0, 0.1) is 15.5 Å². The lowest BCUT2D eigenvalue weighted by atomic mass is 9.79. The van der Waals surface area contributed by atoms with E-state index in [4.69, 9.17) is 9.15 Å². The summed E-state index contributed by atoms with van der Waals surface area (Å²) in [5, 5.41) is 17.6. The van der Waals surface area contributed by atoms with Crippen LogP contribution in [0.4, 0.5) is 5.69 Å². The molecule has 3 rings (SSSR count). The fourth-order valence-corrected chi connectivity index (χ4v) is 3.25. The normalized spacial score (nSPS) is 16.0. The van der Waals surface area contributed by atoms with Gasteiger partial charge in [0.15, 0.2) is 5.76 Å². The summed E-state index contributed by atoms with van der Waals surface area (Å²) in [6, 6.07) is 5.79. The summed E-state index contributed by atoms with van der Waals surface area (Å²) in [6.45, 7) is 2.88. The molecule has 0 bridgehead atoms. The summed E-state index contributed by atoms with van der Waals surface area (Å²) in [4.78, 5) is 22.8. The van der Waals surface area contributed by atoms with E-state index in [0.717, 1.165) is 25.9 Å². The van der Waals surface area contributed by atoms with Crippen molar-refractivity contribution in [2.45, 2.75) is 12.8 Å². The standard InChI is InChI=1S/C17H21N3O5.ClH/c1-24-11-17(4-6-18-7-5-17)10-19-16(21)15-9-12-8-13(20(22)23)2-3-14(12)25-15;/h2-3,8-9,18H,4-7,10-11H2,1H3,(H,19,21);1H. The van der Waals surface area contributed by atoms with Crippen LogP contribution in [0.15, 0.2) is 28.7 Å². The number of nitro groups is 1. The molecule has 1 aliphatic heterocycles. The van der Waals surface area contributed by atoms with Gasteiger partial charge in [-0.05, 0) is 38.1 Å². The Morgan fingerprint density at radius 2 is 2.12 bits per heavy atom. The Morgan fingerprint density at radius 1 is 1.38 bits per heavy atom. The molecule has 1 aromatic heterocycles. The van der Waals surface area contributed by atoms with Crippen LogP contribution in [-0.2, 0) is 4.74 Å². The third kappa shape index (κ3) is 4.32. The van der Waals surface area contributed by atoms with Gasteiger partial charge in [-0.3, -0.25) is 14.9 Å². The number of nitro benzene ring substituents is 1. The quantitative estimate of drug-likeness (QED) is 0.586. The van der Waals surface area contributed by atoms with Gasteiger partial charge in [0.05, 0.1) is 11.5 Å². The molecule has 0 atom stereocenters. The van der Waals surface area contributed by atoms with Crippen molar-refractivity contribution in [3.8, 4) is 0 Å². The van der Waals surface area contributed by atoms with E-state index in [-0.39, 0.29) is 35.2 Å². The molecule has 0 spiro atoms. The second-order valence-corrected chi connectivity index (χ2v) is 6.46. The molecule has 142 valence electrons. The molecule has 2 heterocycles. The number of furan rings is 1. The first-order chi connectivity index (χ1) is 12.0. The van der Waals surface area contributed by atoms with Crippen molar-refractivity contribution in [3.63, 3.8) is 0 Å². The van der Waals surface area contributed by atoms with E-state index >= 15 is 0 Å². The zero-order valence-corrected chi connectivity index (χ0v) is 15.3. The summed E-state index contributed by atoms with van der Waals surface area (Å²) in [5.74, 6) is -0.176. The van der Waals surface area contributed by atoms with E-state index in [1.807, 2.05) is 0 Å². The highest BCUT2D eigenvalue weighted by molar-refractivity contribution is 5.96. The first kappa shape index (κ1) is 20.2. The maximum absolute atomic E-state index is 12.4. The van der Waals surface area contributed by atoms with Crippen molar-refractivity contribution in [1.29, 1.82) is 0 Å². The number of piperidine rings is 1. The van der Waals surface area contributed by atoms with Gasteiger partial charge < -0.3 is 19.8 Å². The topological polar surface area (TPSA) is 107 Å². The molecule has 0 unspecified atom stereocenters. The zero-order chi connectivity index (χ0) is 17.9. The number of amides is 1. The van der Waals surface area contributed by atoms with Crippen LogP contribution < -0.4 is 10.6 Å². The van der Waals surface area contributed by atoms with Crippen LogP contribution in [0.3, 0.4) is 0 Å². The second-order valence-electron chi connectivity index (χ2n) is 6.46. The van der Waals surface area contributed by atoms with Crippen molar-refractivity contribution in [1.82, 2.24) is 10.6 Å².